The van der Waals surface area contributed by atoms with Crippen molar-refractivity contribution in [3.05, 3.63) is 83.4 Å². The monoisotopic (exact) mass is 614 g/mol. The molecular weight excluding hydrogens is 573 g/mol. The molecular formula is C34H41F3N2O5. The highest BCUT2D eigenvalue weighted by molar-refractivity contribution is 5.61. The van der Waals surface area contributed by atoms with Crippen LogP contribution in [0.5, 0.6) is 17.2 Å². The summed E-state index contributed by atoms with van der Waals surface area (Å²) in [4.78, 5) is 2.36. The van der Waals surface area contributed by atoms with Crippen LogP contribution in [0.2, 0.25) is 0 Å². The van der Waals surface area contributed by atoms with Gasteiger partial charge in [0.2, 0.25) is 0 Å². The minimum Gasteiger partial charge on any atom is -0.493 e. The molecule has 1 saturated heterocycles. The zero-order valence-electron chi connectivity index (χ0n) is 25.1. The smallest absolute Gasteiger partial charge is 0.416 e. The lowest BCUT2D eigenvalue weighted by Gasteiger charge is -2.33. The van der Waals surface area contributed by atoms with Crippen LogP contribution in [0.25, 0.3) is 0 Å². The van der Waals surface area contributed by atoms with Gasteiger partial charge in [0.05, 0.1) is 43.7 Å². The van der Waals surface area contributed by atoms with Crippen LogP contribution < -0.4 is 24.4 Å². The average Bonchev–Trinajstić information content (AvgIpc) is 3.04. The number of benzene rings is 3. The van der Waals surface area contributed by atoms with Crippen LogP contribution in [0, 0.1) is 0 Å². The summed E-state index contributed by atoms with van der Waals surface area (Å²) in [6.45, 7) is 6.11. The molecule has 3 aromatic rings. The molecule has 2 aliphatic rings. The van der Waals surface area contributed by atoms with Crippen LogP contribution in [-0.2, 0) is 22.3 Å². The predicted molar refractivity (Wildman–Crippen MR) is 163 cm³/mol. The van der Waals surface area contributed by atoms with E-state index in [1.54, 1.807) is 7.11 Å². The Bertz CT molecular complexity index is 1320. The maximum atomic E-state index is 12.9. The van der Waals surface area contributed by atoms with Crippen LogP contribution in [-0.4, -0.2) is 65.8 Å². The van der Waals surface area contributed by atoms with Gasteiger partial charge in [-0.2, -0.15) is 13.2 Å². The summed E-state index contributed by atoms with van der Waals surface area (Å²) in [5.41, 5.74) is 2.72. The quantitative estimate of drug-likeness (QED) is 0.210. The van der Waals surface area contributed by atoms with Gasteiger partial charge in [0.25, 0.3) is 0 Å². The molecule has 2 atom stereocenters. The normalized spacial score (nSPS) is 18.4. The summed E-state index contributed by atoms with van der Waals surface area (Å²) in [5, 5.41) is 3.47. The molecule has 0 amide bonds. The van der Waals surface area contributed by atoms with Crippen LogP contribution in [0.3, 0.4) is 0 Å². The molecule has 0 radical (unpaired) electrons. The van der Waals surface area contributed by atoms with Crippen molar-refractivity contribution < 1.29 is 36.9 Å². The number of methoxy groups -OCH3 is 1. The number of nitrogens with zero attached hydrogens (tertiary/aromatic N) is 1. The van der Waals surface area contributed by atoms with Gasteiger partial charge in [-0.1, -0.05) is 24.3 Å². The van der Waals surface area contributed by atoms with Crippen LogP contribution in [0.1, 0.15) is 41.9 Å². The first kappa shape index (κ1) is 31.9. The van der Waals surface area contributed by atoms with E-state index in [1.807, 2.05) is 18.2 Å². The summed E-state index contributed by atoms with van der Waals surface area (Å²) >= 11 is 0. The third-order valence-electron chi connectivity index (χ3n) is 7.95. The molecule has 1 fully saturated rings. The Labute approximate surface area is 257 Å². The minimum absolute atomic E-state index is 0.0357. The van der Waals surface area contributed by atoms with E-state index >= 15 is 0 Å². The molecule has 2 heterocycles. The van der Waals surface area contributed by atoms with Gasteiger partial charge < -0.3 is 33.9 Å². The number of alkyl halides is 3. The van der Waals surface area contributed by atoms with E-state index < -0.39 is 11.7 Å². The van der Waals surface area contributed by atoms with Crippen molar-refractivity contribution in [2.45, 2.75) is 44.1 Å². The molecule has 0 unspecified atom stereocenters. The molecule has 0 bridgehead atoms. The average molecular weight is 615 g/mol. The van der Waals surface area contributed by atoms with Crippen molar-refractivity contribution in [3.8, 4) is 17.2 Å². The van der Waals surface area contributed by atoms with E-state index in [9.17, 15) is 13.2 Å². The lowest BCUT2D eigenvalue weighted by molar-refractivity contribution is -0.137. The zero-order valence-corrected chi connectivity index (χ0v) is 25.1. The molecule has 5 rings (SSSR count). The van der Waals surface area contributed by atoms with Gasteiger partial charge in [-0.15, -0.1) is 0 Å². The fraction of sp³-hybridized carbons (Fsp3) is 0.471. The molecule has 0 saturated carbocycles. The molecule has 44 heavy (non-hydrogen) atoms. The van der Waals surface area contributed by atoms with Crippen molar-refractivity contribution in [3.63, 3.8) is 0 Å². The topological polar surface area (TPSA) is 61.4 Å². The van der Waals surface area contributed by atoms with E-state index in [-0.39, 0.29) is 24.4 Å². The largest absolute Gasteiger partial charge is 0.493 e. The van der Waals surface area contributed by atoms with Crippen LogP contribution in [0.4, 0.5) is 18.9 Å². The molecule has 0 spiro atoms. The maximum Gasteiger partial charge on any atom is 0.416 e. The molecule has 2 aliphatic heterocycles. The number of nitrogens with one attached hydrogen (secondary N) is 1. The minimum atomic E-state index is -4.39. The number of hydrogen-bond donors (Lipinski definition) is 1. The van der Waals surface area contributed by atoms with Crippen molar-refractivity contribution in [2.24, 2.45) is 0 Å². The number of hydrogen-bond acceptors (Lipinski definition) is 7. The van der Waals surface area contributed by atoms with E-state index in [0.717, 1.165) is 80.5 Å². The van der Waals surface area contributed by atoms with Gasteiger partial charge >= 0.3 is 6.18 Å². The van der Waals surface area contributed by atoms with Gasteiger partial charge in [0.1, 0.15) is 23.9 Å². The molecule has 238 valence electrons. The van der Waals surface area contributed by atoms with Crippen molar-refractivity contribution >= 4 is 5.69 Å². The van der Waals surface area contributed by atoms with Crippen molar-refractivity contribution in [2.75, 3.05) is 64.6 Å². The van der Waals surface area contributed by atoms with Gasteiger partial charge in [-0.05, 0) is 73.0 Å². The van der Waals surface area contributed by atoms with E-state index in [2.05, 4.69) is 34.5 Å². The fourth-order valence-electron chi connectivity index (χ4n) is 5.64. The predicted octanol–water partition coefficient (Wildman–Crippen LogP) is 6.45. The second-order valence-corrected chi connectivity index (χ2v) is 11.1. The first-order valence-electron chi connectivity index (χ1n) is 15.3. The Kier molecular flexibility index (Phi) is 11.3. The number of ether oxygens (including phenoxy) is 5. The lowest BCUT2D eigenvalue weighted by atomic mass is 9.87. The Morgan fingerprint density at radius 1 is 0.932 bits per heavy atom. The van der Waals surface area contributed by atoms with E-state index in [4.69, 9.17) is 23.7 Å². The Morgan fingerprint density at radius 2 is 1.75 bits per heavy atom. The molecule has 1 N–H and O–H groups in total. The third kappa shape index (κ3) is 8.80. The summed E-state index contributed by atoms with van der Waals surface area (Å²) in [6.07, 6.45) is -1.87. The van der Waals surface area contributed by atoms with E-state index in [1.165, 1.54) is 17.7 Å². The van der Waals surface area contributed by atoms with E-state index in [0.29, 0.717) is 26.2 Å². The molecule has 7 nitrogen and oxygen atoms in total. The summed E-state index contributed by atoms with van der Waals surface area (Å²) < 4.78 is 67.6. The SMILES string of the molecule is COCCCN1CCOc2ccc(CO[C@H]3CNCC[C@@H]3c3ccc(OCCCOc4cccc(C(F)(F)F)c4)cc3)cc21. The highest BCUT2D eigenvalue weighted by atomic mass is 19.4. The Hall–Kier alpha value is -3.47. The highest BCUT2D eigenvalue weighted by Gasteiger charge is 2.31. The summed E-state index contributed by atoms with van der Waals surface area (Å²) in [7, 11) is 1.73. The standard InChI is InChI=1S/C34H41F3N2O5/c1-40-17-3-15-39-16-20-43-32-12-7-25(21-31(32)39)24-44-33-23-38-14-13-30(33)26-8-10-28(11-9-26)41-18-4-19-42-29-6-2-5-27(22-29)34(35,36)37/h2,5-12,21-22,30,33,38H,3-4,13-20,23-24H2,1H3/t30-,33+/m1/s1. The summed E-state index contributed by atoms with van der Waals surface area (Å²) in [5.74, 6) is 2.12. The first-order chi connectivity index (χ1) is 21.4. The maximum absolute atomic E-state index is 12.9. The van der Waals surface area contributed by atoms with Crippen molar-refractivity contribution in [1.82, 2.24) is 5.32 Å². The van der Waals surface area contributed by atoms with Gasteiger partial charge in [-0.25, -0.2) is 0 Å². The van der Waals surface area contributed by atoms with Gasteiger partial charge in [0, 0.05) is 39.1 Å². The lowest BCUT2D eigenvalue weighted by Crippen LogP contribution is -2.41. The number of piperidine rings is 1. The zero-order chi connectivity index (χ0) is 30.8. The number of rotatable bonds is 14. The molecule has 0 aromatic heterocycles. The fourth-order valence-corrected chi connectivity index (χ4v) is 5.64. The van der Waals surface area contributed by atoms with Gasteiger partial charge in [0.15, 0.2) is 0 Å². The Balaban J connectivity index is 1.10. The summed E-state index contributed by atoms with van der Waals surface area (Å²) in [6, 6.07) is 19.3. The number of fused-ring (bicyclic) bond motifs is 1. The second-order valence-electron chi connectivity index (χ2n) is 11.1. The second kappa shape index (κ2) is 15.5. The van der Waals surface area contributed by atoms with Crippen LogP contribution in [0.15, 0.2) is 66.7 Å². The van der Waals surface area contributed by atoms with Crippen molar-refractivity contribution in [1.29, 1.82) is 0 Å². The Morgan fingerprint density at radius 3 is 2.55 bits per heavy atom. The first-order valence-corrected chi connectivity index (χ1v) is 15.3. The highest BCUT2D eigenvalue weighted by Crippen LogP contribution is 2.35. The molecule has 10 heteroatoms. The number of halogens is 3. The van der Waals surface area contributed by atoms with Crippen LogP contribution >= 0.6 is 0 Å². The van der Waals surface area contributed by atoms with Gasteiger partial charge in [-0.3, -0.25) is 0 Å². The molecule has 0 aliphatic carbocycles. The molecule has 3 aromatic carbocycles. The number of anilines is 1. The third-order valence-corrected chi connectivity index (χ3v) is 7.95.